The van der Waals surface area contributed by atoms with Crippen molar-refractivity contribution in [3.63, 3.8) is 0 Å². The lowest BCUT2D eigenvalue weighted by Gasteiger charge is -2.30. The molecule has 0 atom stereocenters. The third kappa shape index (κ3) is 2.38. The van der Waals surface area contributed by atoms with Gasteiger partial charge in [-0.05, 0) is 43.7 Å². The van der Waals surface area contributed by atoms with E-state index in [4.69, 9.17) is 5.10 Å². The van der Waals surface area contributed by atoms with Crippen LogP contribution in [0.3, 0.4) is 0 Å². The summed E-state index contributed by atoms with van der Waals surface area (Å²) < 4.78 is 1.91. The molecule has 9 nitrogen and oxygen atoms in total. The molecule has 0 saturated carbocycles. The van der Waals surface area contributed by atoms with Crippen LogP contribution in [0.5, 0.6) is 0 Å². The number of nitrogens with zero attached hydrogens (tertiary/aromatic N) is 7. The first-order valence-corrected chi connectivity index (χ1v) is 8.68. The number of piperidine rings is 1. The maximum Gasteiger partial charge on any atom is 0.291 e. The number of aryl methyl sites for hydroxylation is 2. The van der Waals surface area contributed by atoms with Gasteiger partial charge in [0.05, 0.1) is 5.69 Å². The summed E-state index contributed by atoms with van der Waals surface area (Å²) in [6, 6.07) is 2.12. The molecule has 1 aliphatic carbocycles. The molecule has 1 amide bonds. The Hall–Kier alpha value is -2.84. The molecule has 0 unspecified atom stereocenters. The second-order valence-electron chi connectivity index (χ2n) is 6.70. The van der Waals surface area contributed by atoms with E-state index in [0.717, 1.165) is 37.2 Å². The first kappa shape index (κ1) is 14.5. The fourth-order valence-corrected chi connectivity index (χ4v) is 3.85. The lowest BCUT2D eigenvalue weighted by Crippen LogP contribution is -2.38. The van der Waals surface area contributed by atoms with Crippen LogP contribution in [-0.2, 0) is 12.8 Å². The molecule has 5 rings (SSSR count). The highest BCUT2D eigenvalue weighted by atomic mass is 16.2. The van der Waals surface area contributed by atoms with E-state index in [1.165, 1.54) is 24.0 Å². The van der Waals surface area contributed by atoms with Crippen LogP contribution in [0.4, 0.5) is 0 Å². The first-order valence-electron chi connectivity index (χ1n) is 8.68. The second kappa shape index (κ2) is 5.61. The quantitative estimate of drug-likeness (QED) is 0.739. The minimum absolute atomic E-state index is 0.0991. The first-order chi connectivity index (χ1) is 12.3. The van der Waals surface area contributed by atoms with E-state index in [-0.39, 0.29) is 11.8 Å². The molecule has 9 heteroatoms. The smallest absolute Gasteiger partial charge is 0.291 e. The molecule has 3 aromatic rings. The zero-order valence-corrected chi connectivity index (χ0v) is 13.7. The van der Waals surface area contributed by atoms with Crippen molar-refractivity contribution in [1.82, 2.24) is 39.9 Å². The van der Waals surface area contributed by atoms with Gasteiger partial charge in [-0.1, -0.05) is 0 Å². The van der Waals surface area contributed by atoms with Gasteiger partial charge >= 0.3 is 0 Å². The standard InChI is InChI=1S/C16H18N8O/c25-16(14-17-9-18-20-14)23-6-4-10(5-7-23)15-21-19-13-8-11-2-1-3-12(11)22-24(13)15/h8-10H,1-7H2,(H,17,18,20). The third-order valence-electron chi connectivity index (χ3n) is 5.21. The molecule has 2 aliphatic rings. The molecule has 0 bridgehead atoms. The lowest BCUT2D eigenvalue weighted by molar-refractivity contribution is 0.0698. The Bertz CT molecular complexity index is 923. The van der Waals surface area contributed by atoms with Crippen LogP contribution in [0.25, 0.3) is 5.65 Å². The SMILES string of the molecule is O=C(c1ncn[nH]1)N1CCC(c2nnc3cc4c(nn23)CCC4)CC1. The highest BCUT2D eigenvalue weighted by Crippen LogP contribution is 2.28. The van der Waals surface area contributed by atoms with Gasteiger partial charge in [-0.15, -0.1) is 10.2 Å². The van der Waals surface area contributed by atoms with E-state index in [1.807, 2.05) is 9.42 Å². The van der Waals surface area contributed by atoms with Gasteiger partial charge in [-0.3, -0.25) is 9.89 Å². The number of hydrogen-bond acceptors (Lipinski definition) is 6. The number of nitrogens with one attached hydrogen (secondary N) is 1. The number of aromatic nitrogens is 7. The Labute approximate surface area is 143 Å². The van der Waals surface area contributed by atoms with Crippen molar-refractivity contribution in [1.29, 1.82) is 0 Å². The van der Waals surface area contributed by atoms with Gasteiger partial charge in [-0.2, -0.15) is 14.7 Å². The fraction of sp³-hybridized carbons (Fsp3) is 0.500. The highest BCUT2D eigenvalue weighted by Gasteiger charge is 2.29. The average Bonchev–Trinajstić information content (AvgIpc) is 3.39. The summed E-state index contributed by atoms with van der Waals surface area (Å²) in [5, 5.41) is 19.9. The summed E-state index contributed by atoms with van der Waals surface area (Å²) in [5.41, 5.74) is 3.31. The van der Waals surface area contributed by atoms with Crippen molar-refractivity contribution < 1.29 is 4.79 Å². The second-order valence-corrected chi connectivity index (χ2v) is 6.70. The van der Waals surface area contributed by atoms with Crippen LogP contribution < -0.4 is 0 Å². The van der Waals surface area contributed by atoms with Crippen molar-refractivity contribution in [3.05, 3.63) is 35.3 Å². The molecular formula is C16H18N8O. The van der Waals surface area contributed by atoms with Gasteiger partial charge in [0, 0.05) is 19.0 Å². The Morgan fingerprint density at radius 2 is 2.08 bits per heavy atom. The molecular weight excluding hydrogens is 320 g/mol. The number of aromatic amines is 1. The van der Waals surface area contributed by atoms with E-state index < -0.39 is 0 Å². The Kier molecular flexibility index (Phi) is 3.25. The maximum absolute atomic E-state index is 12.3. The largest absolute Gasteiger partial charge is 0.336 e. The topological polar surface area (TPSA) is 105 Å². The summed E-state index contributed by atoms with van der Waals surface area (Å²) in [6.45, 7) is 1.34. The summed E-state index contributed by atoms with van der Waals surface area (Å²) in [6.07, 6.45) is 6.34. The molecule has 25 heavy (non-hydrogen) atoms. The van der Waals surface area contributed by atoms with Crippen molar-refractivity contribution in [2.75, 3.05) is 13.1 Å². The zero-order valence-electron chi connectivity index (χ0n) is 13.7. The lowest BCUT2D eigenvalue weighted by atomic mass is 9.96. The van der Waals surface area contributed by atoms with Crippen molar-refractivity contribution >= 4 is 11.6 Å². The van der Waals surface area contributed by atoms with Gasteiger partial charge in [0.25, 0.3) is 5.91 Å². The molecule has 0 spiro atoms. The van der Waals surface area contributed by atoms with Crippen LogP contribution >= 0.6 is 0 Å². The predicted molar refractivity (Wildman–Crippen MR) is 87.1 cm³/mol. The van der Waals surface area contributed by atoms with Crippen molar-refractivity contribution in [2.45, 2.75) is 38.0 Å². The number of hydrogen-bond donors (Lipinski definition) is 1. The Morgan fingerprint density at radius 3 is 2.88 bits per heavy atom. The minimum atomic E-state index is -0.0991. The van der Waals surface area contributed by atoms with Crippen LogP contribution in [0.15, 0.2) is 12.4 Å². The van der Waals surface area contributed by atoms with Crippen LogP contribution in [-0.4, -0.2) is 58.9 Å². The molecule has 0 radical (unpaired) electrons. The molecule has 0 aromatic carbocycles. The van der Waals surface area contributed by atoms with Gasteiger partial charge < -0.3 is 4.90 Å². The third-order valence-corrected chi connectivity index (χ3v) is 5.21. The van der Waals surface area contributed by atoms with E-state index in [1.54, 1.807) is 0 Å². The molecule has 1 N–H and O–H groups in total. The molecule has 128 valence electrons. The number of likely N-dealkylation sites (tertiary alicyclic amines) is 1. The molecule has 1 fully saturated rings. The van der Waals surface area contributed by atoms with Crippen LogP contribution in [0.2, 0.25) is 0 Å². The zero-order chi connectivity index (χ0) is 16.8. The van der Waals surface area contributed by atoms with Crippen LogP contribution in [0, 0.1) is 0 Å². The molecule has 1 aliphatic heterocycles. The highest BCUT2D eigenvalue weighted by molar-refractivity contribution is 5.90. The molecule has 4 heterocycles. The Morgan fingerprint density at radius 1 is 1.20 bits per heavy atom. The fourth-order valence-electron chi connectivity index (χ4n) is 3.85. The number of fused-ring (bicyclic) bond motifs is 2. The maximum atomic E-state index is 12.3. The van der Waals surface area contributed by atoms with Crippen molar-refractivity contribution in [3.8, 4) is 0 Å². The molecule has 1 saturated heterocycles. The van der Waals surface area contributed by atoms with E-state index in [9.17, 15) is 4.79 Å². The summed E-state index contributed by atoms with van der Waals surface area (Å²) in [5.74, 6) is 1.37. The van der Waals surface area contributed by atoms with E-state index in [2.05, 4.69) is 31.4 Å². The number of amides is 1. The monoisotopic (exact) mass is 338 g/mol. The van der Waals surface area contributed by atoms with Crippen molar-refractivity contribution in [2.24, 2.45) is 0 Å². The van der Waals surface area contributed by atoms with Gasteiger partial charge in [-0.25, -0.2) is 4.98 Å². The van der Waals surface area contributed by atoms with E-state index >= 15 is 0 Å². The molecule has 3 aromatic heterocycles. The number of H-pyrrole nitrogens is 1. The predicted octanol–water partition coefficient (Wildman–Crippen LogP) is 0.751. The Balaban J connectivity index is 1.36. The van der Waals surface area contributed by atoms with Gasteiger partial charge in [0.2, 0.25) is 5.82 Å². The number of carbonyl (C=O) groups is 1. The van der Waals surface area contributed by atoms with Gasteiger partial charge in [0.15, 0.2) is 11.5 Å². The summed E-state index contributed by atoms with van der Waals surface area (Å²) in [7, 11) is 0. The summed E-state index contributed by atoms with van der Waals surface area (Å²) in [4.78, 5) is 18.1. The minimum Gasteiger partial charge on any atom is -0.336 e. The normalized spacial score (nSPS) is 18.0. The number of carbonyl (C=O) groups excluding carboxylic acids is 1. The number of rotatable bonds is 2. The van der Waals surface area contributed by atoms with E-state index in [0.29, 0.717) is 18.9 Å². The van der Waals surface area contributed by atoms with Gasteiger partial charge in [0.1, 0.15) is 6.33 Å². The summed E-state index contributed by atoms with van der Waals surface area (Å²) >= 11 is 0. The van der Waals surface area contributed by atoms with Crippen LogP contribution in [0.1, 0.15) is 52.9 Å². The average molecular weight is 338 g/mol.